The van der Waals surface area contributed by atoms with Gasteiger partial charge in [-0.1, -0.05) is 60.7 Å². The quantitative estimate of drug-likeness (QED) is 0.171. The first kappa shape index (κ1) is 29.8. The standard InChI is InChI=1S/C37H29FN4O4/c1-46-34-16-11-26(18-33(34)43)27-17-30(36(39)40-19-27)24-9-14-29(15-10-24)41-37(45)32-22-42(20-23-5-3-2-4-6-23)21-31(35(32)44)25-7-12-28(38)13-8-25/h2-19,21-22,43H,20H2,1H3,(H2,39,40)(H,41,45). The number of halogens is 1. The SMILES string of the molecule is COc1ccc(-c2cnc(N)c(-c3ccc(NC(=O)c4cn(Cc5ccccc5)cc(-c5ccc(F)cc5)c4=O)cc3)c2)cc1O. The molecule has 228 valence electrons. The molecule has 0 spiro atoms. The van der Waals surface area contributed by atoms with E-state index in [1.165, 1.54) is 37.6 Å². The van der Waals surface area contributed by atoms with Crippen molar-refractivity contribution in [2.24, 2.45) is 0 Å². The summed E-state index contributed by atoms with van der Waals surface area (Å²) >= 11 is 0. The molecule has 0 aliphatic heterocycles. The minimum Gasteiger partial charge on any atom is -0.504 e. The number of hydrogen-bond acceptors (Lipinski definition) is 6. The second-order valence-corrected chi connectivity index (χ2v) is 10.7. The van der Waals surface area contributed by atoms with Gasteiger partial charge in [0.15, 0.2) is 11.5 Å². The smallest absolute Gasteiger partial charge is 0.261 e. The van der Waals surface area contributed by atoms with E-state index in [9.17, 15) is 19.1 Å². The van der Waals surface area contributed by atoms with Gasteiger partial charge < -0.3 is 25.5 Å². The maximum atomic E-state index is 13.6. The van der Waals surface area contributed by atoms with Gasteiger partial charge in [0.25, 0.3) is 5.91 Å². The van der Waals surface area contributed by atoms with Crippen molar-refractivity contribution >= 4 is 17.4 Å². The fourth-order valence-electron chi connectivity index (χ4n) is 5.18. The molecule has 0 fully saturated rings. The van der Waals surface area contributed by atoms with Gasteiger partial charge in [0.1, 0.15) is 17.2 Å². The van der Waals surface area contributed by atoms with Crippen LogP contribution in [0.4, 0.5) is 15.9 Å². The number of phenols is 1. The first-order valence-corrected chi connectivity index (χ1v) is 14.4. The van der Waals surface area contributed by atoms with Crippen molar-refractivity contribution in [2.75, 3.05) is 18.2 Å². The van der Waals surface area contributed by atoms with Crippen molar-refractivity contribution in [1.82, 2.24) is 9.55 Å². The number of benzene rings is 4. The van der Waals surface area contributed by atoms with Crippen LogP contribution in [0.3, 0.4) is 0 Å². The van der Waals surface area contributed by atoms with Crippen molar-refractivity contribution in [2.45, 2.75) is 6.54 Å². The van der Waals surface area contributed by atoms with Crippen molar-refractivity contribution < 1.29 is 19.0 Å². The van der Waals surface area contributed by atoms with E-state index in [4.69, 9.17) is 10.5 Å². The van der Waals surface area contributed by atoms with E-state index in [2.05, 4.69) is 10.3 Å². The Morgan fingerprint density at radius 3 is 2.24 bits per heavy atom. The average molecular weight is 613 g/mol. The number of anilines is 2. The second-order valence-electron chi connectivity index (χ2n) is 10.7. The lowest BCUT2D eigenvalue weighted by molar-refractivity contribution is 0.102. The number of carbonyl (C=O) groups excluding carboxylic acids is 1. The number of rotatable bonds is 8. The Labute approximate surface area is 264 Å². The van der Waals surface area contributed by atoms with E-state index < -0.39 is 17.2 Å². The average Bonchev–Trinajstić information content (AvgIpc) is 3.07. The number of aromatic hydroxyl groups is 1. The molecule has 0 saturated heterocycles. The molecule has 9 heteroatoms. The van der Waals surface area contributed by atoms with Crippen LogP contribution in [-0.2, 0) is 6.54 Å². The summed E-state index contributed by atoms with van der Waals surface area (Å²) in [7, 11) is 1.48. The van der Waals surface area contributed by atoms with E-state index in [1.807, 2.05) is 42.5 Å². The minimum absolute atomic E-state index is 0.00787. The van der Waals surface area contributed by atoms with Crippen LogP contribution in [0.25, 0.3) is 33.4 Å². The molecule has 8 nitrogen and oxygen atoms in total. The van der Waals surface area contributed by atoms with Crippen LogP contribution in [0, 0.1) is 5.82 Å². The summed E-state index contributed by atoms with van der Waals surface area (Å²) in [4.78, 5) is 31.4. The number of nitrogens with one attached hydrogen (secondary N) is 1. The number of nitrogen functional groups attached to an aromatic ring is 1. The molecule has 46 heavy (non-hydrogen) atoms. The molecule has 1 amide bonds. The Kier molecular flexibility index (Phi) is 8.30. The maximum absolute atomic E-state index is 13.6. The van der Waals surface area contributed by atoms with Gasteiger partial charge >= 0.3 is 0 Å². The van der Waals surface area contributed by atoms with E-state index >= 15 is 0 Å². The summed E-state index contributed by atoms with van der Waals surface area (Å²) < 4.78 is 20.6. The predicted octanol–water partition coefficient (Wildman–Crippen LogP) is 6.98. The van der Waals surface area contributed by atoms with Crippen molar-refractivity contribution in [3.05, 3.63) is 149 Å². The van der Waals surface area contributed by atoms with Crippen LogP contribution in [0.2, 0.25) is 0 Å². The molecule has 0 saturated carbocycles. The van der Waals surface area contributed by atoms with Gasteiger partial charge in [-0.15, -0.1) is 0 Å². The van der Waals surface area contributed by atoms with Crippen molar-refractivity contribution in [1.29, 1.82) is 0 Å². The molecular weight excluding hydrogens is 583 g/mol. The third-order valence-electron chi connectivity index (χ3n) is 7.57. The van der Waals surface area contributed by atoms with Gasteiger partial charge in [0, 0.05) is 47.5 Å². The van der Waals surface area contributed by atoms with Gasteiger partial charge in [-0.2, -0.15) is 0 Å². The third-order valence-corrected chi connectivity index (χ3v) is 7.57. The Morgan fingerprint density at radius 2 is 1.54 bits per heavy atom. The first-order chi connectivity index (χ1) is 22.3. The zero-order chi connectivity index (χ0) is 32.2. The molecule has 2 heterocycles. The van der Waals surface area contributed by atoms with Crippen LogP contribution >= 0.6 is 0 Å². The first-order valence-electron chi connectivity index (χ1n) is 14.4. The number of amides is 1. The Balaban J connectivity index is 1.28. The number of phenolic OH excluding ortho intramolecular Hbond substituents is 1. The highest BCUT2D eigenvalue weighted by Gasteiger charge is 2.17. The summed E-state index contributed by atoms with van der Waals surface area (Å²) in [6, 6.07) is 29.2. The van der Waals surface area contributed by atoms with Crippen LogP contribution in [0.1, 0.15) is 15.9 Å². The number of nitrogens with zero attached hydrogens (tertiary/aromatic N) is 2. The van der Waals surface area contributed by atoms with Crippen LogP contribution in [0.5, 0.6) is 11.5 Å². The van der Waals surface area contributed by atoms with Crippen LogP contribution in [-0.4, -0.2) is 27.7 Å². The molecule has 6 aromatic rings. The molecule has 0 radical (unpaired) electrons. The van der Waals surface area contributed by atoms with E-state index in [-0.39, 0.29) is 16.9 Å². The largest absolute Gasteiger partial charge is 0.504 e. The van der Waals surface area contributed by atoms with Gasteiger partial charge in [0.2, 0.25) is 5.43 Å². The minimum atomic E-state index is -0.578. The van der Waals surface area contributed by atoms with Crippen molar-refractivity contribution in [3.63, 3.8) is 0 Å². The Hall–Kier alpha value is -6.22. The fraction of sp³-hybridized carbons (Fsp3) is 0.0541. The molecule has 0 bridgehead atoms. The fourth-order valence-corrected chi connectivity index (χ4v) is 5.18. The molecule has 0 aliphatic carbocycles. The Bertz CT molecular complexity index is 2090. The van der Waals surface area contributed by atoms with E-state index in [1.54, 1.807) is 53.4 Å². The maximum Gasteiger partial charge on any atom is 0.261 e. The lowest BCUT2D eigenvalue weighted by atomic mass is 10.0. The van der Waals surface area contributed by atoms with Crippen LogP contribution < -0.4 is 21.2 Å². The van der Waals surface area contributed by atoms with Gasteiger partial charge in [0.05, 0.1) is 7.11 Å². The lowest BCUT2D eigenvalue weighted by Gasteiger charge is -2.14. The normalized spacial score (nSPS) is 10.8. The molecular formula is C37H29FN4O4. The summed E-state index contributed by atoms with van der Waals surface area (Å²) in [5.41, 5.74) is 10.8. The van der Waals surface area contributed by atoms with Crippen molar-refractivity contribution in [3.8, 4) is 44.9 Å². The molecule has 0 aliphatic rings. The summed E-state index contributed by atoms with van der Waals surface area (Å²) in [6.45, 7) is 0.426. The van der Waals surface area contributed by atoms with Gasteiger partial charge in [-0.3, -0.25) is 9.59 Å². The number of pyridine rings is 2. The van der Waals surface area contributed by atoms with Crippen LogP contribution in [0.15, 0.2) is 127 Å². The number of aromatic nitrogens is 2. The highest BCUT2D eigenvalue weighted by Crippen LogP contribution is 2.34. The highest BCUT2D eigenvalue weighted by atomic mass is 19.1. The highest BCUT2D eigenvalue weighted by molar-refractivity contribution is 6.04. The molecule has 2 aromatic heterocycles. The zero-order valence-electron chi connectivity index (χ0n) is 24.8. The molecule has 0 unspecified atom stereocenters. The van der Waals surface area contributed by atoms with Gasteiger partial charge in [-0.25, -0.2) is 9.37 Å². The number of hydrogen-bond donors (Lipinski definition) is 3. The molecule has 4 N–H and O–H groups in total. The number of ether oxygens (including phenoxy) is 1. The van der Waals surface area contributed by atoms with E-state index in [0.717, 1.165) is 22.3 Å². The number of carbonyl (C=O) groups is 1. The summed E-state index contributed by atoms with van der Waals surface area (Å²) in [6.07, 6.45) is 4.83. The third kappa shape index (κ3) is 6.34. The summed E-state index contributed by atoms with van der Waals surface area (Å²) in [5.74, 6) is -0.313. The predicted molar refractivity (Wildman–Crippen MR) is 177 cm³/mol. The number of methoxy groups -OCH3 is 1. The van der Waals surface area contributed by atoms with Gasteiger partial charge in [-0.05, 0) is 64.7 Å². The topological polar surface area (TPSA) is 119 Å². The monoisotopic (exact) mass is 612 g/mol. The zero-order valence-corrected chi connectivity index (χ0v) is 24.8. The lowest BCUT2D eigenvalue weighted by Crippen LogP contribution is -2.24. The Morgan fingerprint density at radius 1 is 0.870 bits per heavy atom. The second kappa shape index (κ2) is 12.8. The summed E-state index contributed by atoms with van der Waals surface area (Å²) in [5, 5.41) is 13.0. The molecule has 0 atom stereocenters. The molecule has 4 aromatic carbocycles. The van der Waals surface area contributed by atoms with E-state index in [0.29, 0.717) is 34.9 Å². The molecule has 6 rings (SSSR count). The number of nitrogens with two attached hydrogens (primary N) is 1.